The molecule has 3 N–H and O–H groups in total. The number of nitrogens with one attached hydrogen (secondary N) is 2. The van der Waals surface area contributed by atoms with E-state index in [-0.39, 0.29) is 13.0 Å². The summed E-state index contributed by atoms with van der Waals surface area (Å²) in [6.07, 6.45) is 0.664. The Labute approximate surface area is 143 Å². The molecular formula is C16H19FN2O4S. The Hall–Kier alpha value is -2.09. The molecule has 1 aromatic rings. The molecule has 0 saturated carbocycles. The first kappa shape index (κ1) is 18.3. The first-order chi connectivity index (χ1) is 11.4. The molecule has 130 valence electrons. The summed E-state index contributed by atoms with van der Waals surface area (Å²) in [5.41, 5.74) is -0.755. The van der Waals surface area contributed by atoms with E-state index in [4.69, 9.17) is 0 Å². The number of hydrogen-bond donors (Lipinski definition) is 3. The van der Waals surface area contributed by atoms with Crippen LogP contribution in [0.25, 0.3) is 0 Å². The van der Waals surface area contributed by atoms with Crippen LogP contribution in [0.1, 0.15) is 18.4 Å². The molecule has 8 heteroatoms. The number of hydrogen-bond acceptors (Lipinski definition) is 4. The largest absolute Gasteiger partial charge is 0.480 e. The molecule has 2 amide bonds. The maximum atomic E-state index is 13.1. The lowest BCUT2D eigenvalue weighted by Crippen LogP contribution is -2.58. The highest BCUT2D eigenvalue weighted by Crippen LogP contribution is 2.27. The minimum Gasteiger partial charge on any atom is -0.480 e. The molecule has 0 aromatic heterocycles. The minimum absolute atomic E-state index is 0.0498. The smallest absolute Gasteiger partial charge is 0.329 e. The molecule has 1 aromatic carbocycles. The van der Waals surface area contributed by atoms with E-state index < -0.39 is 29.1 Å². The molecular weight excluding hydrogens is 335 g/mol. The summed E-state index contributed by atoms with van der Waals surface area (Å²) in [7, 11) is 0. The molecule has 6 nitrogen and oxygen atoms in total. The summed E-state index contributed by atoms with van der Waals surface area (Å²) in [6, 6.07) is 5.64. The SMILES string of the molecule is O=C(Cc1cccc(F)c1)NCC(=O)NC1(C(=O)O)CCSCC1. The normalized spacial score (nSPS) is 16.2. The van der Waals surface area contributed by atoms with Gasteiger partial charge in [0.2, 0.25) is 11.8 Å². The summed E-state index contributed by atoms with van der Waals surface area (Å²) < 4.78 is 13.1. The number of carboxylic acid groups (broad SMARTS) is 1. The number of aliphatic carboxylic acids is 1. The molecule has 1 fully saturated rings. The van der Waals surface area contributed by atoms with Gasteiger partial charge in [-0.3, -0.25) is 9.59 Å². The number of carbonyl (C=O) groups excluding carboxylic acids is 2. The lowest BCUT2D eigenvalue weighted by molar-refractivity contribution is -0.148. The third-order valence-electron chi connectivity index (χ3n) is 3.83. The third kappa shape index (κ3) is 4.95. The quantitative estimate of drug-likeness (QED) is 0.707. The van der Waals surface area contributed by atoms with E-state index in [1.54, 1.807) is 17.8 Å². The monoisotopic (exact) mass is 354 g/mol. The predicted molar refractivity (Wildman–Crippen MR) is 88.2 cm³/mol. The topological polar surface area (TPSA) is 95.5 Å². The van der Waals surface area contributed by atoms with Gasteiger partial charge >= 0.3 is 5.97 Å². The van der Waals surface area contributed by atoms with Gasteiger partial charge in [-0.05, 0) is 42.0 Å². The van der Waals surface area contributed by atoms with E-state index in [1.807, 2.05) is 0 Å². The zero-order chi connectivity index (χ0) is 17.6. The molecule has 0 radical (unpaired) electrons. The first-order valence-electron chi connectivity index (χ1n) is 7.54. The lowest BCUT2D eigenvalue weighted by atomic mass is 9.92. The van der Waals surface area contributed by atoms with E-state index in [9.17, 15) is 23.9 Å². The Balaban J connectivity index is 1.83. The molecule has 1 saturated heterocycles. The van der Waals surface area contributed by atoms with Crippen LogP contribution in [0.3, 0.4) is 0 Å². The fraction of sp³-hybridized carbons (Fsp3) is 0.438. The summed E-state index contributed by atoms with van der Waals surface area (Å²) in [5, 5.41) is 14.3. The summed E-state index contributed by atoms with van der Waals surface area (Å²) in [6.45, 7) is -0.309. The average Bonchev–Trinajstić information content (AvgIpc) is 2.54. The first-order valence-corrected chi connectivity index (χ1v) is 8.70. The highest BCUT2D eigenvalue weighted by molar-refractivity contribution is 7.99. The van der Waals surface area contributed by atoms with Gasteiger partial charge in [-0.1, -0.05) is 12.1 Å². The zero-order valence-corrected chi connectivity index (χ0v) is 13.8. The van der Waals surface area contributed by atoms with Gasteiger partial charge in [0.15, 0.2) is 0 Å². The Morgan fingerprint density at radius 1 is 1.21 bits per heavy atom. The van der Waals surface area contributed by atoms with E-state index in [2.05, 4.69) is 10.6 Å². The molecule has 0 unspecified atom stereocenters. The van der Waals surface area contributed by atoms with E-state index in [1.165, 1.54) is 18.2 Å². The van der Waals surface area contributed by atoms with Crippen molar-refractivity contribution in [2.75, 3.05) is 18.1 Å². The van der Waals surface area contributed by atoms with Gasteiger partial charge in [-0.2, -0.15) is 11.8 Å². The molecule has 1 aliphatic heterocycles. The van der Waals surface area contributed by atoms with Gasteiger partial charge in [0.1, 0.15) is 11.4 Å². The third-order valence-corrected chi connectivity index (χ3v) is 4.82. The maximum absolute atomic E-state index is 13.1. The van der Waals surface area contributed by atoms with Gasteiger partial charge in [0.05, 0.1) is 13.0 Å². The molecule has 0 spiro atoms. The van der Waals surface area contributed by atoms with Gasteiger partial charge in [0.25, 0.3) is 0 Å². The van der Waals surface area contributed by atoms with Crippen LogP contribution in [0, 0.1) is 5.82 Å². The Bertz CT molecular complexity index is 632. The molecule has 0 atom stereocenters. The Kier molecular flexibility index (Phi) is 6.19. The van der Waals surface area contributed by atoms with Crippen LogP contribution in [-0.2, 0) is 20.8 Å². The zero-order valence-electron chi connectivity index (χ0n) is 13.0. The molecule has 24 heavy (non-hydrogen) atoms. The van der Waals surface area contributed by atoms with Crippen molar-refractivity contribution in [1.82, 2.24) is 10.6 Å². The van der Waals surface area contributed by atoms with Crippen molar-refractivity contribution in [3.63, 3.8) is 0 Å². The van der Waals surface area contributed by atoms with Crippen LogP contribution in [0.15, 0.2) is 24.3 Å². The Morgan fingerprint density at radius 3 is 2.54 bits per heavy atom. The summed E-state index contributed by atoms with van der Waals surface area (Å²) >= 11 is 1.65. The summed E-state index contributed by atoms with van der Waals surface area (Å²) in [5.74, 6) is -1.13. The van der Waals surface area contributed by atoms with Gasteiger partial charge in [0, 0.05) is 0 Å². The van der Waals surface area contributed by atoms with E-state index in [0.717, 1.165) is 0 Å². The second-order valence-corrected chi connectivity index (χ2v) is 6.86. The van der Waals surface area contributed by atoms with Gasteiger partial charge < -0.3 is 15.7 Å². The second kappa shape index (κ2) is 8.14. The average molecular weight is 354 g/mol. The van der Waals surface area contributed by atoms with Crippen molar-refractivity contribution in [2.24, 2.45) is 0 Å². The van der Waals surface area contributed by atoms with Crippen molar-refractivity contribution < 1.29 is 23.9 Å². The van der Waals surface area contributed by atoms with Crippen LogP contribution >= 0.6 is 11.8 Å². The van der Waals surface area contributed by atoms with Crippen molar-refractivity contribution in [1.29, 1.82) is 0 Å². The van der Waals surface area contributed by atoms with Gasteiger partial charge in [-0.15, -0.1) is 0 Å². The van der Waals surface area contributed by atoms with Crippen LogP contribution in [-0.4, -0.2) is 46.5 Å². The highest BCUT2D eigenvalue weighted by Gasteiger charge is 2.41. The molecule has 0 aliphatic carbocycles. The van der Waals surface area contributed by atoms with E-state index in [0.29, 0.717) is 29.9 Å². The fourth-order valence-corrected chi connectivity index (χ4v) is 3.69. The van der Waals surface area contributed by atoms with Gasteiger partial charge in [-0.25, -0.2) is 9.18 Å². The number of carboxylic acids is 1. The number of amides is 2. The summed E-state index contributed by atoms with van der Waals surface area (Å²) in [4.78, 5) is 35.3. The number of rotatable bonds is 6. The maximum Gasteiger partial charge on any atom is 0.329 e. The number of halogens is 1. The van der Waals surface area contributed by atoms with E-state index >= 15 is 0 Å². The van der Waals surface area contributed by atoms with Crippen LogP contribution in [0.4, 0.5) is 4.39 Å². The molecule has 1 heterocycles. The predicted octanol–water partition coefficient (Wildman–Crippen LogP) is 0.951. The molecule has 0 bridgehead atoms. The molecule has 1 aliphatic rings. The van der Waals surface area contributed by atoms with Crippen LogP contribution in [0.5, 0.6) is 0 Å². The standard InChI is InChI=1S/C16H19FN2O4S/c17-12-3-1-2-11(8-12)9-13(20)18-10-14(21)19-16(15(22)23)4-6-24-7-5-16/h1-3,8H,4-7,9-10H2,(H,18,20)(H,19,21)(H,22,23). The van der Waals surface area contributed by atoms with Crippen molar-refractivity contribution in [2.45, 2.75) is 24.8 Å². The Morgan fingerprint density at radius 2 is 1.92 bits per heavy atom. The van der Waals surface area contributed by atoms with Crippen LogP contribution in [0.2, 0.25) is 0 Å². The minimum atomic E-state index is -1.25. The number of benzene rings is 1. The number of carbonyl (C=O) groups is 3. The molecule has 2 rings (SSSR count). The highest BCUT2D eigenvalue weighted by atomic mass is 32.2. The number of thioether (sulfide) groups is 1. The second-order valence-electron chi connectivity index (χ2n) is 5.63. The lowest BCUT2D eigenvalue weighted by Gasteiger charge is -2.33. The van der Waals surface area contributed by atoms with Crippen molar-refractivity contribution in [3.8, 4) is 0 Å². The fourth-order valence-electron chi connectivity index (χ4n) is 2.50. The van der Waals surface area contributed by atoms with Crippen molar-refractivity contribution >= 4 is 29.5 Å². The van der Waals surface area contributed by atoms with Crippen molar-refractivity contribution in [3.05, 3.63) is 35.6 Å². The van der Waals surface area contributed by atoms with Crippen LogP contribution < -0.4 is 10.6 Å².